The molecule has 452 valence electrons. The van der Waals surface area contributed by atoms with Crippen molar-refractivity contribution in [3.05, 3.63) is 190 Å². The minimum Gasteiger partial charge on any atom is -0.759 e. The average molecular weight is 1160 g/mol. The second kappa shape index (κ2) is 36.1. The summed E-state index contributed by atoms with van der Waals surface area (Å²) < 4.78 is 38.8. The van der Waals surface area contributed by atoms with Crippen molar-refractivity contribution in [3.63, 3.8) is 0 Å². The van der Waals surface area contributed by atoms with Crippen LogP contribution in [0, 0.1) is 27.7 Å². The lowest BCUT2D eigenvalue weighted by Gasteiger charge is -2.25. The van der Waals surface area contributed by atoms with Gasteiger partial charge in [0, 0.05) is 110 Å². The van der Waals surface area contributed by atoms with Crippen LogP contribution in [0.15, 0.2) is 146 Å². The van der Waals surface area contributed by atoms with Crippen molar-refractivity contribution >= 4 is 55.7 Å². The first-order valence-corrected chi connectivity index (χ1v) is 30.7. The van der Waals surface area contributed by atoms with E-state index < -0.39 is 10.4 Å². The van der Waals surface area contributed by atoms with Gasteiger partial charge in [0.2, 0.25) is 0 Å². The topological polar surface area (TPSA) is 180 Å². The third kappa shape index (κ3) is 20.3. The molecular formula is C68H96N6O8S. The van der Waals surface area contributed by atoms with Gasteiger partial charge in [-0.3, -0.25) is 8.42 Å². The molecule has 0 bridgehead atoms. The molecule has 83 heavy (non-hydrogen) atoms. The van der Waals surface area contributed by atoms with Crippen LogP contribution in [0.1, 0.15) is 99.9 Å². The number of likely N-dealkylation sites (N-methyl/N-ethyl adjacent to an activating group) is 4. The Morgan fingerprint density at radius 3 is 0.771 bits per heavy atom. The van der Waals surface area contributed by atoms with Gasteiger partial charge in [0.25, 0.3) is 0 Å². The number of nitrogens with zero attached hydrogens (tertiary/aromatic N) is 6. The van der Waals surface area contributed by atoms with E-state index in [1.54, 1.807) is 0 Å². The molecule has 0 unspecified atom stereocenters. The molecule has 0 aliphatic heterocycles. The SMILES string of the molecule is C=C.CCN(CCO)c1ccc(C(=C2C=CC(=[N+](CC)CC)C=C2)c2ccc(N(CC)CCO)cc2C)c(C)c1.CCN(CCO)c1ccc(C(=C2C=CC(=[N+](CC)CC)C=C2)c2ccc(N(CC)CCO)cc2C)c(C)c1.O=S(=O)([O-])[O-]. The summed E-state index contributed by atoms with van der Waals surface area (Å²) in [4.78, 5) is 8.82. The van der Waals surface area contributed by atoms with Gasteiger partial charge in [0.15, 0.2) is 11.4 Å². The standard InChI is InChI=1S/2C33H46N3O2.C2H4.H2O4S/c2*1-7-34(8-2)28-13-11-27(12-14-28)33(31-17-15-29(23-25(31)5)35(9-3)19-21-37)32-18-16-30(24-26(32)6)36(10-4)20-22-38;1-2;1-5(2,3)4/h2*11-18,23-24,37-38H,7-10,19-22H2,1-6H3;1-2H2;(H2,1,2,3,4)/q2*+1;;/p-2. The summed E-state index contributed by atoms with van der Waals surface area (Å²) in [6.07, 6.45) is 17.9. The van der Waals surface area contributed by atoms with Crippen molar-refractivity contribution in [1.29, 1.82) is 0 Å². The largest absolute Gasteiger partial charge is 0.759 e. The maximum atomic E-state index is 9.51. The molecule has 6 rings (SSSR count). The Bertz CT molecular complexity index is 2740. The van der Waals surface area contributed by atoms with Crippen LogP contribution in [0.3, 0.4) is 0 Å². The number of aliphatic hydroxyl groups is 4. The predicted octanol–water partition coefficient (Wildman–Crippen LogP) is 10.2. The fourth-order valence-electron chi connectivity index (χ4n) is 10.6. The molecule has 0 amide bonds. The Morgan fingerprint density at radius 1 is 0.410 bits per heavy atom. The maximum Gasteiger partial charge on any atom is 0.199 e. The van der Waals surface area contributed by atoms with Crippen LogP contribution in [-0.4, -0.2) is 163 Å². The smallest absolute Gasteiger partial charge is 0.199 e. The van der Waals surface area contributed by atoms with Crippen LogP contribution in [-0.2, 0) is 10.4 Å². The van der Waals surface area contributed by atoms with Crippen molar-refractivity contribution in [2.45, 2.75) is 83.1 Å². The van der Waals surface area contributed by atoms with Crippen LogP contribution in [0.2, 0.25) is 0 Å². The van der Waals surface area contributed by atoms with E-state index in [9.17, 15) is 20.4 Å². The van der Waals surface area contributed by atoms with E-state index in [2.05, 4.69) is 246 Å². The van der Waals surface area contributed by atoms with E-state index in [-0.39, 0.29) is 26.4 Å². The van der Waals surface area contributed by atoms with E-state index in [4.69, 9.17) is 17.5 Å². The zero-order valence-corrected chi connectivity index (χ0v) is 52.6. The van der Waals surface area contributed by atoms with Gasteiger partial charge in [-0.05, 0) is 223 Å². The fourth-order valence-corrected chi connectivity index (χ4v) is 10.6. The Hall–Kier alpha value is -6.69. The van der Waals surface area contributed by atoms with E-state index >= 15 is 0 Å². The second-order valence-corrected chi connectivity index (χ2v) is 20.6. The molecule has 4 aromatic carbocycles. The van der Waals surface area contributed by atoms with Crippen LogP contribution in [0.25, 0.3) is 11.1 Å². The van der Waals surface area contributed by atoms with Gasteiger partial charge in [0.1, 0.15) is 26.2 Å². The summed E-state index contributed by atoms with van der Waals surface area (Å²) >= 11 is 0. The molecule has 0 atom stereocenters. The molecule has 14 nitrogen and oxygen atoms in total. The highest BCUT2D eigenvalue weighted by Gasteiger charge is 2.22. The highest BCUT2D eigenvalue weighted by molar-refractivity contribution is 7.79. The second-order valence-electron chi connectivity index (χ2n) is 19.8. The van der Waals surface area contributed by atoms with Gasteiger partial charge in [0.05, 0.1) is 26.4 Å². The van der Waals surface area contributed by atoms with Crippen LogP contribution >= 0.6 is 0 Å². The first-order valence-electron chi connectivity index (χ1n) is 29.3. The minimum atomic E-state index is -5.17. The molecule has 0 saturated heterocycles. The molecule has 0 heterocycles. The van der Waals surface area contributed by atoms with Crippen LogP contribution in [0.4, 0.5) is 22.7 Å². The predicted molar refractivity (Wildman–Crippen MR) is 348 cm³/mol. The number of benzene rings is 4. The monoisotopic (exact) mass is 1160 g/mol. The lowest BCUT2D eigenvalue weighted by Crippen LogP contribution is -2.26. The molecule has 2 aliphatic carbocycles. The molecule has 0 radical (unpaired) electrons. The van der Waals surface area contributed by atoms with Crippen molar-refractivity contribution < 1.29 is 47.1 Å². The summed E-state index contributed by atoms with van der Waals surface area (Å²) in [7, 11) is -5.17. The maximum absolute atomic E-state index is 9.51. The normalized spacial score (nSPS) is 12.4. The van der Waals surface area contributed by atoms with Gasteiger partial charge >= 0.3 is 0 Å². The van der Waals surface area contributed by atoms with E-state index in [0.717, 1.165) is 75.1 Å². The highest BCUT2D eigenvalue weighted by Crippen LogP contribution is 2.38. The van der Waals surface area contributed by atoms with E-state index in [1.807, 2.05) is 0 Å². The molecule has 0 saturated carbocycles. The Labute approximate surface area is 498 Å². The van der Waals surface area contributed by atoms with Gasteiger partial charge in [-0.25, -0.2) is 9.15 Å². The van der Waals surface area contributed by atoms with Gasteiger partial charge in [-0.1, -0.05) is 24.3 Å². The third-order valence-electron chi connectivity index (χ3n) is 15.0. The Kier molecular flexibility index (Phi) is 30.7. The lowest BCUT2D eigenvalue weighted by molar-refractivity contribution is -0.519. The number of rotatable bonds is 24. The molecule has 0 spiro atoms. The van der Waals surface area contributed by atoms with E-state index in [1.165, 1.54) is 78.2 Å². The molecular weight excluding hydrogens is 1060 g/mol. The molecule has 0 aromatic heterocycles. The molecule has 4 N–H and O–H groups in total. The number of aryl methyl sites for hydroxylation is 4. The molecule has 4 aromatic rings. The zero-order valence-electron chi connectivity index (χ0n) is 51.8. The average Bonchev–Trinajstić information content (AvgIpc) is 3.67. The van der Waals surface area contributed by atoms with Crippen molar-refractivity contribution in [1.82, 2.24) is 0 Å². The zero-order chi connectivity index (χ0) is 61.8. The molecule has 2 aliphatic rings. The first kappa shape index (κ1) is 70.6. The number of anilines is 4. The van der Waals surface area contributed by atoms with Crippen LogP contribution < -0.4 is 19.6 Å². The van der Waals surface area contributed by atoms with Gasteiger partial charge < -0.3 is 49.1 Å². The third-order valence-corrected chi connectivity index (χ3v) is 15.0. The Balaban J connectivity index is 0.000000391. The Morgan fingerprint density at radius 2 is 0.614 bits per heavy atom. The van der Waals surface area contributed by atoms with Gasteiger partial charge in [-0.15, -0.1) is 13.2 Å². The van der Waals surface area contributed by atoms with E-state index in [0.29, 0.717) is 26.2 Å². The lowest BCUT2D eigenvalue weighted by atomic mass is 9.86. The van der Waals surface area contributed by atoms with Crippen molar-refractivity contribution in [3.8, 4) is 0 Å². The van der Waals surface area contributed by atoms with Gasteiger partial charge in [-0.2, -0.15) is 0 Å². The summed E-state index contributed by atoms with van der Waals surface area (Å²) in [5, 5.41) is 38.1. The summed E-state index contributed by atoms with van der Waals surface area (Å²) in [5.41, 5.74) is 21.5. The van der Waals surface area contributed by atoms with Crippen molar-refractivity contribution in [2.75, 3.05) is 125 Å². The highest BCUT2D eigenvalue weighted by atomic mass is 32.3. The number of aliphatic hydroxyl groups excluding tert-OH is 4. The quantitative estimate of drug-likeness (QED) is 0.0226. The summed E-state index contributed by atoms with van der Waals surface area (Å²) in [6, 6.07) is 26.6. The van der Waals surface area contributed by atoms with Crippen molar-refractivity contribution in [2.24, 2.45) is 0 Å². The number of allylic oxidation sites excluding steroid dienone is 10. The molecule has 0 fully saturated rings. The van der Waals surface area contributed by atoms with Crippen LogP contribution in [0.5, 0.6) is 0 Å². The minimum absolute atomic E-state index is 0.140. The fraction of sp³-hybridized carbons (Fsp3) is 0.412. The summed E-state index contributed by atoms with van der Waals surface area (Å²) in [5.74, 6) is 0. The summed E-state index contributed by atoms with van der Waals surface area (Å²) in [6.45, 7) is 42.4. The molecule has 15 heteroatoms. The first-order chi connectivity index (χ1) is 39.8. The number of hydrogen-bond donors (Lipinski definition) is 4. The number of hydrogen-bond acceptors (Lipinski definition) is 12.